The van der Waals surface area contributed by atoms with E-state index in [2.05, 4.69) is 27.2 Å². The van der Waals surface area contributed by atoms with Gasteiger partial charge < -0.3 is 24.7 Å². The minimum absolute atomic E-state index is 0.310. The molecule has 1 saturated carbocycles. The van der Waals surface area contributed by atoms with Crippen molar-refractivity contribution >= 4 is 5.69 Å². The number of benzene rings is 1. The van der Waals surface area contributed by atoms with Gasteiger partial charge >= 0.3 is 0 Å². The highest BCUT2D eigenvalue weighted by molar-refractivity contribution is 5.51. The van der Waals surface area contributed by atoms with E-state index >= 15 is 0 Å². The summed E-state index contributed by atoms with van der Waals surface area (Å²) in [6, 6.07) is 8.50. The SMILES string of the molecule is Cn1c(COc2cccc(N3CCOCC3)c2)nnc1C1CC(N)C1. The lowest BCUT2D eigenvalue weighted by Crippen LogP contribution is -2.36. The van der Waals surface area contributed by atoms with E-state index in [4.69, 9.17) is 15.2 Å². The molecular weight excluding hydrogens is 318 g/mol. The van der Waals surface area contributed by atoms with Crippen LogP contribution in [0.4, 0.5) is 5.69 Å². The molecule has 0 radical (unpaired) electrons. The van der Waals surface area contributed by atoms with Gasteiger partial charge in [-0.15, -0.1) is 10.2 Å². The van der Waals surface area contributed by atoms with Gasteiger partial charge in [0, 0.05) is 43.9 Å². The summed E-state index contributed by atoms with van der Waals surface area (Å²) in [5.74, 6) is 3.14. The topological polar surface area (TPSA) is 78.4 Å². The molecule has 7 heteroatoms. The van der Waals surface area contributed by atoms with Gasteiger partial charge in [-0.3, -0.25) is 0 Å². The Bertz CT molecular complexity index is 720. The fraction of sp³-hybridized carbons (Fsp3) is 0.556. The summed E-state index contributed by atoms with van der Waals surface area (Å²) < 4.78 is 13.4. The zero-order valence-corrected chi connectivity index (χ0v) is 14.6. The van der Waals surface area contributed by atoms with Gasteiger partial charge in [-0.25, -0.2) is 0 Å². The van der Waals surface area contributed by atoms with Crippen molar-refractivity contribution in [2.75, 3.05) is 31.2 Å². The van der Waals surface area contributed by atoms with E-state index in [-0.39, 0.29) is 0 Å². The van der Waals surface area contributed by atoms with E-state index in [1.165, 1.54) is 5.69 Å². The van der Waals surface area contributed by atoms with E-state index in [9.17, 15) is 0 Å². The number of rotatable bonds is 5. The smallest absolute Gasteiger partial charge is 0.170 e. The summed E-state index contributed by atoms with van der Waals surface area (Å²) >= 11 is 0. The van der Waals surface area contributed by atoms with E-state index in [1.807, 2.05) is 23.7 Å². The third-order valence-corrected chi connectivity index (χ3v) is 5.10. The summed E-state index contributed by atoms with van der Waals surface area (Å²) in [7, 11) is 2.00. The molecule has 2 heterocycles. The molecule has 0 unspecified atom stereocenters. The fourth-order valence-electron chi connectivity index (χ4n) is 3.47. The van der Waals surface area contributed by atoms with Crippen LogP contribution in [0.3, 0.4) is 0 Å². The third kappa shape index (κ3) is 3.48. The Morgan fingerprint density at radius 1 is 1.24 bits per heavy atom. The van der Waals surface area contributed by atoms with Gasteiger partial charge in [-0.1, -0.05) is 6.07 Å². The Morgan fingerprint density at radius 3 is 2.80 bits per heavy atom. The molecule has 2 aliphatic rings. The second kappa shape index (κ2) is 7.01. The van der Waals surface area contributed by atoms with Crippen LogP contribution in [0.1, 0.15) is 30.4 Å². The van der Waals surface area contributed by atoms with Gasteiger partial charge in [0.2, 0.25) is 0 Å². The van der Waals surface area contributed by atoms with Crippen molar-refractivity contribution in [3.8, 4) is 5.75 Å². The van der Waals surface area contributed by atoms with Gasteiger partial charge in [-0.2, -0.15) is 0 Å². The Hall–Kier alpha value is -2.12. The molecule has 134 valence electrons. The van der Waals surface area contributed by atoms with Crippen LogP contribution >= 0.6 is 0 Å². The van der Waals surface area contributed by atoms with Crippen LogP contribution in [0, 0.1) is 0 Å². The Kier molecular flexibility index (Phi) is 4.59. The molecule has 1 saturated heterocycles. The molecule has 0 bridgehead atoms. The van der Waals surface area contributed by atoms with Crippen LogP contribution < -0.4 is 15.4 Å². The number of aromatic nitrogens is 3. The average molecular weight is 343 g/mol. The summed E-state index contributed by atoms with van der Waals surface area (Å²) in [5, 5.41) is 8.62. The lowest BCUT2D eigenvalue weighted by molar-refractivity contribution is 0.122. The number of ether oxygens (including phenoxy) is 2. The van der Waals surface area contributed by atoms with Gasteiger partial charge in [0.15, 0.2) is 5.82 Å². The highest BCUT2D eigenvalue weighted by Crippen LogP contribution is 2.34. The molecule has 0 atom stereocenters. The van der Waals surface area contributed by atoms with Crippen molar-refractivity contribution in [3.05, 3.63) is 35.9 Å². The fourth-order valence-corrected chi connectivity index (χ4v) is 3.47. The first-order valence-electron chi connectivity index (χ1n) is 8.90. The monoisotopic (exact) mass is 343 g/mol. The van der Waals surface area contributed by atoms with Gasteiger partial charge in [0.1, 0.15) is 18.2 Å². The van der Waals surface area contributed by atoms with E-state index in [0.717, 1.165) is 56.5 Å². The number of hydrogen-bond acceptors (Lipinski definition) is 6. The first kappa shape index (κ1) is 16.4. The molecule has 2 aromatic rings. The van der Waals surface area contributed by atoms with Crippen molar-refractivity contribution in [1.82, 2.24) is 14.8 Å². The molecule has 25 heavy (non-hydrogen) atoms. The number of hydrogen-bond donors (Lipinski definition) is 1. The molecule has 0 spiro atoms. The Labute approximate surface area is 147 Å². The minimum atomic E-state index is 0.310. The molecule has 1 aromatic carbocycles. The first-order chi connectivity index (χ1) is 12.2. The summed E-state index contributed by atoms with van der Waals surface area (Å²) in [6.45, 7) is 3.79. The lowest BCUT2D eigenvalue weighted by Gasteiger charge is -2.31. The summed E-state index contributed by atoms with van der Waals surface area (Å²) in [4.78, 5) is 2.32. The van der Waals surface area contributed by atoms with Crippen molar-refractivity contribution in [3.63, 3.8) is 0 Å². The second-order valence-corrected chi connectivity index (χ2v) is 6.85. The van der Waals surface area contributed by atoms with Crippen molar-refractivity contribution in [1.29, 1.82) is 0 Å². The standard InChI is InChI=1S/C18H25N5O2/c1-22-17(20-21-18(22)13-9-14(19)10-13)12-25-16-4-2-3-15(11-16)23-5-7-24-8-6-23/h2-4,11,13-14H,5-10,12,19H2,1H3. The largest absolute Gasteiger partial charge is 0.486 e. The molecule has 7 nitrogen and oxygen atoms in total. The molecule has 1 aliphatic carbocycles. The maximum absolute atomic E-state index is 5.96. The first-order valence-corrected chi connectivity index (χ1v) is 8.90. The minimum Gasteiger partial charge on any atom is -0.486 e. The zero-order chi connectivity index (χ0) is 17.2. The normalized spacial score (nSPS) is 23.4. The van der Waals surface area contributed by atoms with Gasteiger partial charge in [0.05, 0.1) is 13.2 Å². The molecule has 2 N–H and O–H groups in total. The molecule has 2 fully saturated rings. The number of nitrogens with two attached hydrogens (primary N) is 1. The van der Waals surface area contributed by atoms with E-state index in [0.29, 0.717) is 18.6 Å². The predicted molar refractivity (Wildman–Crippen MR) is 94.8 cm³/mol. The Balaban J connectivity index is 1.40. The van der Waals surface area contributed by atoms with Crippen LogP contribution in [-0.2, 0) is 18.4 Å². The van der Waals surface area contributed by atoms with E-state index < -0.39 is 0 Å². The van der Waals surface area contributed by atoms with Gasteiger partial charge in [0.25, 0.3) is 0 Å². The molecule has 0 amide bonds. The van der Waals surface area contributed by atoms with Crippen molar-refractivity contribution < 1.29 is 9.47 Å². The highest BCUT2D eigenvalue weighted by Gasteiger charge is 2.31. The molecule has 1 aliphatic heterocycles. The van der Waals surface area contributed by atoms with E-state index in [1.54, 1.807) is 0 Å². The molecular formula is C18H25N5O2. The van der Waals surface area contributed by atoms with Crippen molar-refractivity contribution in [2.24, 2.45) is 12.8 Å². The maximum Gasteiger partial charge on any atom is 0.170 e. The number of morpholine rings is 1. The number of nitrogens with zero attached hydrogens (tertiary/aromatic N) is 4. The number of anilines is 1. The van der Waals surface area contributed by atoms with Crippen LogP contribution in [0.5, 0.6) is 5.75 Å². The van der Waals surface area contributed by atoms with Crippen LogP contribution in [0.25, 0.3) is 0 Å². The average Bonchev–Trinajstić information content (AvgIpc) is 2.98. The van der Waals surface area contributed by atoms with Crippen LogP contribution in [-0.4, -0.2) is 47.1 Å². The second-order valence-electron chi connectivity index (χ2n) is 6.85. The van der Waals surface area contributed by atoms with Crippen LogP contribution in [0.15, 0.2) is 24.3 Å². The Morgan fingerprint density at radius 2 is 2.04 bits per heavy atom. The third-order valence-electron chi connectivity index (χ3n) is 5.10. The quantitative estimate of drug-likeness (QED) is 0.885. The molecule has 1 aromatic heterocycles. The maximum atomic E-state index is 5.96. The van der Waals surface area contributed by atoms with Crippen molar-refractivity contribution in [2.45, 2.75) is 31.4 Å². The highest BCUT2D eigenvalue weighted by atomic mass is 16.5. The van der Waals surface area contributed by atoms with Gasteiger partial charge in [-0.05, 0) is 25.0 Å². The predicted octanol–water partition coefficient (Wildman–Crippen LogP) is 1.44. The van der Waals surface area contributed by atoms with Crippen LogP contribution in [0.2, 0.25) is 0 Å². The lowest BCUT2D eigenvalue weighted by atomic mass is 9.80. The summed E-state index contributed by atoms with van der Waals surface area (Å²) in [5.41, 5.74) is 7.05. The molecule has 4 rings (SSSR count). The summed E-state index contributed by atoms with van der Waals surface area (Å²) in [6.07, 6.45) is 1.99. The zero-order valence-electron chi connectivity index (χ0n) is 14.6.